The lowest BCUT2D eigenvalue weighted by Crippen LogP contribution is -2.21. The molecule has 0 unspecified atom stereocenters. The molecule has 19 heavy (non-hydrogen) atoms. The van der Waals surface area contributed by atoms with Crippen molar-refractivity contribution in [3.8, 4) is 0 Å². The normalized spacial score (nSPS) is 21.3. The van der Waals surface area contributed by atoms with Crippen LogP contribution in [-0.2, 0) is 5.41 Å². The molecule has 1 N–H and O–H groups in total. The molecule has 1 aromatic heterocycles. The topological polar surface area (TPSA) is 37.8 Å². The van der Waals surface area contributed by atoms with Gasteiger partial charge < -0.3 is 5.32 Å². The van der Waals surface area contributed by atoms with Gasteiger partial charge in [-0.2, -0.15) is 0 Å². The molecule has 1 heterocycles. The van der Waals surface area contributed by atoms with Crippen LogP contribution in [0, 0.1) is 11.3 Å². The fourth-order valence-corrected chi connectivity index (χ4v) is 2.88. The van der Waals surface area contributed by atoms with Crippen molar-refractivity contribution in [2.75, 3.05) is 11.9 Å². The number of anilines is 1. The quantitative estimate of drug-likeness (QED) is 0.846. The molecule has 104 valence electrons. The van der Waals surface area contributed by atoms with Crippen molar-refractivity contribution >= 4 is 17.4 Å². The first-order valence-electron chi connectivity index (χ1n) is 7.18. The first kappa shape index (κ1) is 13.2. The largest absolute Gasteiger partial charge is 0.369 e. The van der Waals surface area contributed by atoms with E-state index in [9.17, 15) is 0 Å². The Balaban J connectivity index is 1.72. The Hall–Kier alpha value is -0.830. The van der Waals surface area contributed by atoms with Crippen LogP contribution in [0.2, 0.25) is 5.15 Å². The average molecular weight is 280 g/mol. The van der Waals surface area contributed by atoms with Gasteiger partial charge in [-0.1, -0.05) is 32.4 Å². The van der Waals surface area contributed by atoms with Crippen LogP contribution in [0.1, 0.15) is 52.3 Å². The number of hydrogen-bond donors (Lipinski definition) is 1. The SMILES string of the molecule is CC(C)(C)c1nc(Cl)cc(NCC2(C3CC3)CC2)n1. The number of aromatic nitrogens is 2. The summed E-state index contributed by atoms with van der Waals surface area (Å²) in [4.78, 5) is 8.94. The molecule has 0 spiro atoms. The van der Waals surface area contributed by atoms with Gasteiger partial charge in [-0.05, 0) is 37.0 Å². The van der Waals surface area contributed by atoms with Gasteiger partial charge in [-0.25, -0.2) is 9.97 Å². The Morgan fingerprint density at radius 2 is 2.00 bits per heavy atom. The maximum Gasteiger partial charge on any atom is 0.137 e. The Bertz CT molecular complexity index is 485. The van der Waals surface area contributed by atoms with Gasteiger partial charge >= 0.3 is 0 Å². The number of hydrogen-bond acceptors (Lipinski definition) is 3. The van der Waals surface area contributed by atoms with Gasteiger partial charge in [0.15, 0.2) is 0 Å². The van der Waals surface area contributed by atoms with Crippen molar-refractivity contribution in [1.82, 2.24) is 9.97 Å². The molecule has 4 heteroatoms. The molecule has 0 aliphatic heterocycles. The molecular weight excluding hydrogens is 258 g/mol. The van der Waals surface area contributed by atoms with E-state index < -0.39 is 0 Å². The summed E-state index contributed by atoms with van der Waals surface area (Å²) in [5.74, 6) is 2.63. The van der Waals surface area contributed by atoms with Gasteiger partial charge in [0.05, 0.1) is 0 Å². The van der Waals surface area contributed by atoms with Crippen LogP contribution in [0.3, 0.4) is 0 Å². The summed E-state index contributed by atoms with van der Waals surface area (Å²) in [6.07, 6.45) is 5.57. The van der Waals surface area contributed by atoms with Crippen LogP contribution < -0.4 is 5.32 Å². The van der Waals surface area contributed by atoms with Crippen LogP contribution >= 0.6 is 11.6 Å². The Labute approximate surface area is 120 Å². The molecule has 3 rings (SSSR count). The highest BCUT2D eigenvalue weighted by atomic mass is 35.5. The average Bonchev–Trinajstić information content (AvgIpc) is 3.16. The van der Waals surface area contributed by atoms with Crippen LogP contribution in [0.5, 0.6) is 0 Å². The maximum atomic E-state index is 6.11. The minimum atomic E-state index is -0.0743. The van der Waals surface area contributed by atoms with Crippen molar-refractivity contribution in [1.29, 1.82) is 0 Å². The van der Waals surface area contributed by atoms with E-state index in [0.717, 1.165) is 24.1 Å². The van der Waals surface area contributed by atoms with Gasteiger partial charge in [-0.3, -0.25) is 0 Å². The van der Waals surface area contributed by atoms with Gasteiger partial charge in [0, 0.05) is 18.0 Å². The van der Waals surface area contributed by atoms with E-state index in [1.165, 1.54) is 25.7 Å². The summed E-state index contributed by atoms with van der Waals surface area (Å²) in [5, 5.41) is 4.01. The molecule has 0 saturated heterocycles. The van der Waals surface area contributed by atoms with Gasteiger partial charge in [0.25, 0.3) is 0 Å². The van der Waals surface area contributed by atoms with Crippen LogP contribution in [0.15, 0.2) is 6.07 Å². The zero-order valence-electron chi connectivity index (χ0n) is 12.0. The highest BCUT2D eigenvalue weighted by Crippen LogP contribution is 2.61. The number of halogens is 1. The zero-order chi connectivity index (χ0) is 13.7. The molecule has 0 bridgehead atoms. The molecule has 0 aromatic carbocycles. The molecule has 0 atom stereocenters. The Morgan fingerprint density at radius 1 is 1.32 bits per heavy atom. The van der Waals surface area contributed by atoms with E-state index >= 15 is 0 Å². The number of rotatable bonds is 4. The lowest BCUT2D eigenvalue weighted by atomic mass is 9.96. The molecule has 2 aliphatic rings. The predicted molar refractivity (Wildman–Crippen MR) is 78.6 cm³/mol. The van der Waals surface area contributed by atoms with E-state index in [-0.39, 0.29) is 5.41 Å². The second kappa shape index (κ2) is 4.34. The molecule has 0 amide bonds. The van der Waals surface area contributed by atoms with E-state index in [2.05, 4.69) is 36.1 Å². The monoisotopic (exact) mass is 279 g/mol. The van der Waals surface area contributed by atoms with E-state index in [0.29, 0.717) is 10.6 Å². The fraction of sp³-hybridized carbons (Fsp3) is 0.733. The zero-order valence-corrected chi connectivity index (χ0v) is 12.7. The summed E-state index contributed by atoms with van der Waals surface area (Å²) in [5.41, 5.74) is 0.494. The summed E-state index contributed by atoms with van der Waals surface area (Å²) in [6, 6.07) is 1.83. The van der Waals surface area contributed by atoms with E-state index in [1.807, 2.05) is 6.07 Å². The third-order valence-electron chi connectivity index (χ3n) is 4.32. The van der Waals surface area contributed by atoms with Crippen molar-refractivity contribution in [3.63, 3.8) is 0 Å². The third kappa shape index (κ3) is 2.86. The predicted octanol–water partition coefficient (Wildman–Crippen LogP) is 4.03. The minimum absolute atomic E-state index is 0.0743. The molecular formula is C15H22ClN3. The van der Waals surface area contributed by atoms with Crippen molar-refractivity contribution in [3.05, 3.63) is 17.0 Å². The van der Waals surface area contributed by atoms with Gasteiger partial charge in [0.2, 0.25) is 0 Å². The van der Waals surface area contributed by atoms with Crippen molar-refractivity contribution in [2.24, 2.45) is 11.3 Å². The van der Waals surface area contributed by atoms with Gasteiger partial charge in [-0.15, -0.1) is 0 Å². The van der Waals surface area contributed by atoms with Crippen LogP contribution in [0.4, 0.5) is 5.82 Å². The summed E-state index contributed by atoms with van der Waals surface area (Å²) in [6.45, 7) is 7.35. The second-order valence-corrected chi connectivity index (χ2v) is 7.53. The fourth-order valence-electron chi connectivity index (χ4n) is 2.70. The standard InChI is InChI=1S/C15H22ClN3/c1-14(2,3)13-18-11(16)8-12(19-13)17-9-15(6-7-15)10-4-5-10/h8,10H,4-7,9H2,1-3H3,(H,17,18,19). The van der Waals surface area contributed by atoms with E-state index in [4.69, 9.17) is 11.6 Å². The molecule has 1 aromatic rings. The highest BCUT2D eigenvalue weighted by molar-refractivity contribution is 6.29. The summed E-state index contributed by atoms with van der Waals surface area (Å²) in [7, 11) is 0. The maximum absolute atomic E-state index is 6.11. The summed E-state index contributed by atoms with van der Waals surface area (Å²) < 4.78 is 0. The molecule has 2 fully saturated rings. The van der Waals surface area contributed by atoms with Crippen molar-refractivity contribution < 1.29 is 0 Å². The second-order valence-electron chi connectivity index (χ2n) is 7.14. The van der Waals surface area contributed by atoms with Crippen molar-refractivity contribution in [2.45, 2.75) is 51.9 Å². The molecule has 3 nitrogen and oxygen atoms in total. The number of nitrogens with one attached hydrogen (secondary N) is 1. The molecule has 0 radical (unpaired) electrons. The first-order valence-corrected chi connectivity index (χ1v) is 7.56. The lowest BCUT2D eigenvalue weighted by molar-refractivity contribution is 0.465. The first-order chi connectivity index (χ1) is 8.89. The minimum Gasteiger partial charge on any atom is -0.369 e. The van der Waals surface area contributed by atoms with Crippen LogP contribution in [0.25, 0.3) is 0 Å². The van der Waals surface area contributed by atoms with Crippen LogP contribution in [-0.4, -0.2) is 16.5 Å². The van der Waals surface area contributed by atoms with E-state index in [1.54, 1.807) is 0 Å². The smallest absolute Gasteiger partial charge is 0.137 e. The Morgan fingerprint density at radius 3 is 2.53 bits per heavy atom. The molecule has 2 saturated carbocycles. The molecule has 2 aliphatic carbocycles. The highest BCUT2D eigenvalue weighted by Gasteiger charge is 2.53. The number of nitrogens with zero attached hydrogens (tertiary/aromatic N) is 2. The third-order valence-corrected chi connectivity index (χ3v) is 4.52. The Kier molecular flexibility index (Phi) is 3.01. The van der Waals surface area contributed by atoms with Gasteiger partial charge in [0.1, 0.15) is 16.8 Å². The summed E-state index contributed by atoms with van der Waals surface area (Å²) >= 11 is 6.11. The lowest BCUT2D eigenvalue weighted by Gasteiger charge is -2.19.